The van der Waals surface area contributed by atoms with Crippen molar-refractivity contribution in [3.8, 4) is 0 Å². The van der Waals surface area contributed by atoms with E-state index in [0.717, 1.165) is 44.9 Å². The Bertz CT molecular complexity index is 751. The zero-order valence-corrected chi connectivity index (χ0v) is 28.1. The smallest absolute Gasteiger partial charge is 0.223 e. The van der Waals surface area contributed by atoms with Crippen molar-refractivity contribution in [3.05, 3.63) is 12.2 Å². The molecule has 0 aliphatic carbocycles. The minimum absolute atomic E-state index is 0.000557. The molecule has 0 bridgehead atoms. The molecular weight excluding hydrogens is 598 g/mol. The summed E-state index contributed by atoms with van der Waals surface area (Å²) in [6, 6.07) is -0.883. The number of carbonyl (C=O) groups is 1. The monoisotopic (exact) mass is 664 g/mol. The molecule has 1 rings (SSSR count). The Morgan fingerprint density at radius 2 is 1.28 bits per heavy atom. The van der Waals surface area contributed by atoms with E-state index in [1.807, 2.05) is 0 Å². The summed E-state index contributed by atoms with van der Waals surface area (Å²) >= 11 is 0. The van der Waals surface area contributed by atoms with Crippen molar-refractivity contribution in [2.75, 3.05) is 72.6 Å². The zero-order chi connectivity index (χ0) is 34.4. The van der Waals surface area contributed by atoms with Crippen LogP contribution in [-0.4, -0.2) is 140 Å². The van der Waals surface area contributed by atoms with Gasteiger partial charge in [-0.1, -0.05) is 70.4 Å². The highest BCUT2D eigenvalue weighted by Crippen LogP contribution is 2.31. The lowest BCUT2D eigenvalue weighted by molar-refractivity contribution is -0.303. The van der Waals surface area contributed by atoms with Crippen molar-refractivity contribution in [1.29, 1.82) is 0 Å². The van der Waals surface area contributed by atoms with Gasteiger partial charge in [0, 0.05) is 14.3 Å². The van der Waals surface area contributed by atoms with E-state index >= 15 is 0 Å². The molecule has 5 atom stereocenters. The molecule has 1 heterocycles. The Labute approximate surface area is 278 Å². The van der Waals surface area contributed by atoms with E-state index in [9.17, 15) is 30.3 Å². The van der Waals surface area contributed by atoms with Crippen LogP contribution >= 0.6 is 0 Å². The highest BCUT2D eigenvalue weighted by atomic mass is 16.7. The van der Waals surface area contributed by atoms with Gasteiger partial charge in [-0.2, -0.15) is 0 Å². The first-order valence-electron chi connectivity index (χ1n) is 18.2. The highest BCUT2D eigenvalue weighted by molar-refractivity contribution is 5.76. The molecule has 46 heavy (non-hydrogen) atoms. The second-order valence-corrected chi connectivity index (χ2v) is 11.5. The first-order chi connectivity index (χ1) is 23.1. The predicted octanol–water partition coefficient (Wildman–Crippen LogP) is 2.71. The molecule has 1 aliphatic heterocycles. The fraction of sp³-hybridized carbons (Fsp3) is 0.912. The molecule has 1 saturated heterocycles. The van der Waals surface area contributed by atoms with Crippen LogP contribution in [-0.2, 0) is 28.5 Å². The maximum absolute atomic E-state index is 13.6. The van der Waals surface area contributed by atoms with Crippen molar-refractivity contribution in [1.82, 2.24) is 4.90 Å². The van der Waals surface area contributed by atoms with E-state index in [1.54, 1.807) is 0 Å². The van der Waals surface area contributed by atoms with Crippen LogP contribution in [0.15, 0.2) is 12.2 Å². The van der Waals surface area contributed by atoms with Gasteiger partial charge in [-0.05, 0) is 32.1 Å². The molecule has 0 aromatic rings. The third-order valence-electron chi connectivity index (χ3n) is 7.88. The minimum atomic E-state index is -1.06. The molecule has 12 nitrogen and oxygen atoms in total. The van der Waals surface area contributed by atoms with Gasteiger partial charge in [-0.25, -0.2) is 0 Å². The van der Waals surface area contributed by atoms with Crippen molar-refractivity contribution in [2.24, 2.45) is 0 Å². The highest BCUT2D eigenvalue weighted by Gasteiger charge is 2.51. The number of carbonyl (C=O) groups excluding carboxylic acids is 1. The molecule has 0 radical (unpaired) electrons. The number of allylic oxidation sites excluding steroid dienone is 2. The number of aliphatic hydroxyl groups is 5. The third-order valence-corrected chi connectivity index (χ3v) is 7.88. The molecule has 12 heteroatoms. The molecule has 0 spiro atoms. The fourth-order valence-electron chi connectivity index (χ4n) is 5.66. The van der Waals surface area contributed by atoms with Crippen LogP contribution in [0.1, 0.15) is 98.2 Å². The van der Waals surface area contributed by atoms with Crippen LogP contribution in [0.5, 0.6) is 0 Å². The first kappa shape index (κ1) is 41.0. The van der Waals surface area contributed by atoms with Gasteiger partial charge >= 0.3 is 0 Å². The van der Waals surface area contributed by atoms with Crippen LogP contribution < -0.4 is 0 Å². The average molecular weight is 665 g/mol. The number of rotatable bonds is 31. The molecule has 5 N–H and O–H groups in total. The standard InChI is InChI=1S/C34H65NO11/c1-2-3-4-5-6-7-8-9-10-11-12-13-14-15-16-17-30(41)35(18-19-36)31-33(44-26-22-39)32(43-25-21-38)29(28-42-24-20-37)46-34(31)45-27-23-40/h9-10,29,31-34,36-40H,2-8,11-28H2,1H3/b10-9-/t29-,31-,32-,33-,34?/m1/s1/i1D. The summed E-state index contributed by atoms with van der Waals surface area (Å²) in [5.41, 5.74) is 0. The van der Waals surface area contributed by atoms with Gasteiger partial charge in [0.1, 0.15) is 24.4 Å². The molecule has 1 fully saturated rings. The Morgan fingerprint density at radius 1 is 0.717 bits per heavy atom. The summed E-state index contributed by atoms with van der Waals surface area (Å²) in [6.45, 7) is -0.963. The molecule has 0 aromatic heterocycles. The number of unbranched alkanes of at least 4 members (excludes halogenated alkanes) is 11. The molecule has 1 unspecified atom stereocenters. The molecule has 1 amide bonds. The summed E-state index contributed by atoms with van der Waals surface area (Å²) in [5.74, 6) is -0.210. The number of hydrogen-bond acceptors (Lipinski definition) is 11. The molecule has 272 valence electrons. The molecular formula is C34H65NO11. The quantitative estimate of drug-likeness (QED) is 0.0546. The summed E-state index contributed by atoms with van der Waals surface area (Å²) in [5, 5.41) is 47.6. The lowest BCUT2D eigenvalue weighted by atomic mass is 9.94. The van der Waals surface area contributed by atoms with E-state index in [-0.39, 0.29) is 84.9 Å². The fourth-order valence-corrected chi connectivity index (χ4v) is 5.66. The van der Waals surface area contributed by atoms with Crippen LogP contribution in [0.3, 0.4) is 0 Å². The van der Waals surface area contributed by atoms with Gasteiger partial charge in [0.25, 0.3) is 0 Å². The predicted molar refractivity (Wildman–Crippen MR) is 175 cm³/mol. The van der Waals surface area contributed by atoms with Gasteiger partial charge in [0.2, 0.25) is 5.91 Å². The topological polar surface area (TPSA) is 168 Å². The van der Waals surface area contributed by atoms with Gasteiger partial charge in [0.05, 0.1) is 66.1 Å². The summed E-state index contributed by atoms with van der Waals surface area (Å²) in [6.07, 6.45) is 15.4. The number of ether oxygens (including phenoxy) is 5. The molecule has 0 aromatic carbocycles. The van der Waals surface area contributed by atoms with Crippen LogP contribution in [0.4, 0.5) is 0 Å². The SMILES string of the molecule is [2H]CCCCCCCC/C=C\CCCCCCCC(=O)N(CCO)[C@H]1C(OCCO)O[C@H](COCCO)[C@@H](OCCO)[C@@H]1OCCO. The van der Waals surface area contributed by atoms with Gasteiger partial charge in [-0.15, -0.1) is 0 Å². The molecule has 0 saturated carbocycles. The van der Waals surface area contributed by atoms with Crippen LogP contribution in [0, 0.1) is 0 Å². The van der Waals surface area contributed by atoms with Crippen molar-refractivity contribution in [3.63, 3.8) is 0 Å². The summed E-state index contributed by atoms with van der Waals surface area (Å²) in [4.78, 5) is 15.1. The second kappa shape index (κ2) is 29.9. The summed E-state index contributed by atoms with van der Waals surface area (Å²) < 4.78 is 36.7. The van der Waals surface area contributed by atoms with Crippen molar-refractivity contribution in [2.45, 2.75) is 127 Å². The van der Waals surface area contributed by atoms with Crippen molar-refractivity contribution < 1.29 is 55.4 Å². The van der Waals surface area contributed by atoms with Gasteiger partial charge in [-0.3, -0.25) is 4.79 Å². The van der Waals surface area contributed by atoms with Gasteiger partial charge in [0.15, 0.2) is 6.29 Å². The van der Waals surface area contributed by atoms with Gasteiger partial charge < -0.3 is 54.1 Å². The largest absolute Gasteiger partial charge is 0.395 e. The van der Waals surface area contributed by atoms with Crippen molar-refractivity contribution >= 4 is 5.91 Å². The minimum Gasteiger partial charge on any atom is -0.395 e. The Balaban J connectivity index is 2.73. The average Bonchev–Trinajstić information content (AvgIpc) is 3.08. The van der Waals surface area contributed by atoms with E-state index in [1.165, 1.54) is 37.0 Å². The lowest BCUT2D eigenvalue weighted by Crippen LogP contribution is -2.67. The third kappa shape index (κ3) is 18.4. The number of aliphatic hydroxyl groups excluding tert-OH is 5. The first-order valence-corrected chi connectivity index (χ1v) is 17.5. The lowest BCUT2D eigenvalue weighted by Gasteiger charge is -2.49. The Morgan fingerprint density at radius 3 is 1.89 bits per heavy atom. The van der Waals surface area contributed by atoms with E-state index in [4.69, 9.17) is 25.1 Å². The maximum Gasteiger partial charge on any atom is 0.223 e. The Hall–Kier alpha value is -1.19. The number of hydrogen-bond donors (Lipinski definition) is 5. The molecule has 1 aliphatic rings. The normalized spacial score (nSPS) is 22.0. The second-order valence-electron chi connectivity index (χ2n) is 11.5. The van der Waals surface area contributed by atoms with E-state index in [0.29, 0.717) is 13.3 Å². The van der Waals surface area contributed by atoms with E-state index < -0.39 is 30.6 Å². The van der Waals surface area contributed by atoms with E-state index in [2.05, 4.69) is 12.2 Å². The number of amides is 1. The van der Waals surface area contributed by atoms with Crippen LogP contribution in [0.2, 0.25) is 0 Å². The number of nitrogens with zero attached hydrogens (tertiary/aromatic N) is 1. The van der Waals surface area contributed by atoms with Crippen LogP contribution in [0.25, 0.3) is 0 Å². The zero-order valence-electron chi connectivity index (χ0n) is 29.1. The maximum atomic E-state index is 13.6. The Kier molecular flexibility index (Phi) is 26.6. The summed E-state index contributed by atoms with van der Waals surface area (Å²) in [7, 11) is 0.